The van der Waals surface area contributed by atoms with E-state index in [9.17, 15) is 0 Å². The third-order valence-electron chi connectivity index (χ3n) is 2.94. The molecule has 0 aromatic carbocycles. The summed E-state index contributed by atoms with van der Waals surface area (Å²) < 4.78 is 0. The lowest BCUT2D eigenvalue weighted by Gasteiger charge is -2.40. The molecule has 1 fully saturated rings. The number of rotatable bonds is 2. The highest BCUT2D eigenvalue weighted by Gasteiger charge is 2.30. The fraction of sp³-hybridized carbons (Fsp3) is 0.700. The van der Waals surface area contributed by atoms with Crippen molar-refractivity contribution in [3.63, 3.8) is 0 Å². The van der Waals surface area contributed by atoms with Gasteiger partial charge in [0.2, 0.25) is 0 Å². The monoisotopic (exact) mass is 196 g/mol. The van der Waals surface area contributed by atoms with E-state index in [1.165, 1.54) is 12.4 Å². The third kappa shape index (κ3) is 2.13. The van der Waals surface area contributed by atoms with E-state index in [1.54, 1.807) is 0 Å². The molecule has 1 aliphatic rings. The number of nitrogens with two attached hydrogens (primary N) is 1. The lowest BCUT2D eigenvalue weighted by atomic mass is 9.94. The average Bonchev–Trinajstić information content (AvgIpc) is 2.15. The summed E-state index contributed by atoms with van der Waals surface area (Å²) in [5.41, 5.74) is 6.31. The van der Waals surface area contributed by atoms with Crippen molar-refractivity contribution in [2.24, 2.45) is 5.73 Å². The zero-order valence-corrected chi connectivity index (χ0v) is 9.04. The molecule has 4 atom stereocenters. The van der Waals surface area contributed by atoms with Crippen LogP contribution in [-0.4, -0.2) is 30.4 Å². The second-order valence-electron chi connectivity index (χ2n) is 3.99. The van der Waals surface area contributed by atoms with E-state index in [0.29, 0.717) is 18.1 Å². The number of piperazine rings is 1. The van der Waals surface area contributed by atoms with Crippen LogP contribution in [0.15, 0.2) is 11.8 Å². The summed E-state index contributed by atoms with van der Waals surface area (Å²) in [7, 11) is 0. The van der Waals surface area contributed by atoms with Crippen LogP contribution in [0.3, 0.4) is 0 Å². The van der Waals surface area contributed by atoms with Crippen LogP contribution in [0.4, 0.5) is 0 Å². The van der Waals surface area contributed by atoms with E-state index < -0.39 is 0 Å². The minimum Gasteiger partial charge on any atom is -0.404 e. The Morgan fingerprint density at radius 1 is 1.14 bits per heavy atom. The molecule has 0 bridgehead atoms. The minimum absolute atomic E-state index is 0.142. The summed E-state index contributed by atoms with van der Waals surface area (Å²) in [5, 5.41) is 14.2. The maximum Gasteiger partial charge on any atom is 0.0505 e. The van der Waals surface area contributed by atoms with Gasteiger partial charge in [0.25, 0.3) is 0 Å². The lowest BCUT2D eigenvalue weighted by molar-refractivity contribution is 0.263. The van der Waals surface area contributed by atoms with Gasteiger partial charge in [-0.15, -0.1) is 0 Å². The molecule has 0 aromatic rings. The molecule has 4 unspecified atom stereocenters. The second kappa shape index (κ2) is 4.57. The van der Waals surface area contributed by atoms with Gasteiger partial charge in [0.05, 0.1) is 6.04 Å². The number of hydrogen-bond acceptors (Lipinski definition) is 4. The Labute approximate surface area is 85.5 Å². The first-order valence-electron chi connectivity index (χ1n) is 5.04. The van der Waals surface area contributed by atoms with Crippen molar-refractivity contribution in [2.75, 3.05) is 0 Å². The van der Waals surface area contributed by atoms with Crippen molar-refractivity contribution in [1.29, 1.82) is 5.41 Å². The molecule has 14 heavy (non-hydrogen) atoms. The Hall–Kier alpha value is -0.870. The Morgan fingerprint density at radius 2 is 1.71 bits per heavy atom. The molecule has 0 spiro atoms. The van der Waals surface area contributed by atoms with Gasteiger partial charge in [0, 0.05) is 36.1 Å². The van der Waals surface area contributed by atoms with E-state index in [1.807, 2.05) is 0 Å². The SMILES string of the molecule is CC1NC(C)C(/C(C=N)=C/N)NC1C. The van der Waals surface area contributed by atoms with Crippen molar-refractivity contribution < 1.29 is 0 Å². The minimum atomic E-state index is 0.142. The van der Waals surface area contributed by atoms with Crippen LogP contribution < -0.4 is 16.4 Å². The normalized spacial score (nSPS) is 39.5. The standard InChI is InChI=1S/C10H20N4/c1-6-7(2)14-10(8(3)13-6)9(4-11)5-12/h4-8,10-11,13-14H,12H2,1-3H3/b9-5+,11-4?. The van der Waals surface area contributed by atoms with Gasteiger partial charge in [0.1, 0.15) is 0 Å². The van der Waals surface area contributed by atoms with E-state index in [4.69, 9.17) is 11.1 Å². The molecule has 0 amide bonds. The summed E-state index contributed by atoms with van der Waals surface area (Å²) in [6.07, 6.45) is 2.82. The number of nitrogens with one attached hydrogen (secondary N) is 3. The summed E-state index contributed by atoms with van der Waals surface area (Å²) in [6.45, 7) is 6.39. The quantitative estimate of drug-likeness (QED) is 0.477. The van der Waals surface area contributed by atoms with Gasteiger partial charge in [0.15, 0.2) is 0 Å². The highest BCUT2D eigenvalue weighted by atomic mass is 15.1. The van der Waals surface area contributed by atoms with Gasteiger partial charge < -0.3 is 21.8 Å². The summed E-state index contributed by atoms with van der Waals surface area (Å²) >= 11 is 0. The number of hydrogen-bond donors (Lipinski definition) is 4. The van der Waals surface area contributed by atoms with Gasteiger partial charge >= 0.3 is 0 Å². The fourth-order valence-corrected chi connectivity index (χ4v) is 1.85. The van der Waals surface area contributed by atoms with Crippen molar-refractivity contribution >= 4 is 6.21 Å². The molecule has 0 aromatic heterocycles. The molecule has 0 aliphatic carbocycles. The van der Waals surface area contributed by atoms with Crippen LogP contribution in [0.25, 0.3) is 0 Å². The van der Waals surface area contributed by atoms with Crippen LogP contribution in [0.5, 0.6) is 0 Å². The van der Waals surface area contributed by atoms with Crippen molar-refractivity contribution in [3.05, 3.63) is 11.8 Å². The van der Waals surface area contributed by atoms with Crippen molar-refractivity contribution in [2.45, 2.75) is 44.9 Å². The molecule has 5 N–H and O–H groups in total. The third-order valence-corrected chi connectivity index (χ3v) is 2.94. The van der Waals surface area contributed by atoms with Gasteiger partial charge in [-0.1, -0.05) is 0 Å². The molecule has 4 nitrogen and oxygen atoms in total. The average molecular weight is 196 g/mol. The Bertz CT molecular complexity index is 236. The molecule has 1 rings (SSSR count). The summed E-state index contributed by atoms with van der Waals surface area (Å²) in [5.74, 6) is 0. The van der Waals surface area contributed by atoms with Crippen LogP contribution in [0.1, 0.15) is 20.8 Å². The summed E-state index contributed by atoms with van der Waals surface area (Å²) in [6, 6.07) is 1.29. The van der Waals surface area contributed by atoms with E-state index in [0.717, 1.165) is 5.57 Å². The van der Waals surface area contributed by atoms with Gasteiger partial charge in [-0.2, -0.15) is 0 Å². The van der Waals surface area contributed by atoms with E-state index in [2.05, 4.69) is 31.4 Å². The molecule has 0 radical (unpaired) electrons. The molecule has 1 saturated heterocycles. The van der Waals surface area contributed by atoms with Gasteiger partial charge in [-0.3, -0.25) is 0 Å². The first-order valence-corrected chi connectivity index (χ1v) is 5.04. The van der Waals surface area contributed by atoms with Crippen LogP contribution in [0, 0.1) is 5.41 Å². The zero-order chi connectivity index (χ0) is 10.7. The highest BCUT2D eigenvalue weighted by Crippen LogP contribution is 2.12. The molecule has 80 valence electrons. The molecular weight excluding hydrogens is 176 g/mol. The molecular formula is C10H20N4. The van der Waals surface area contributed by atoms with Gasteiger partial charge in [-0.05, 0) is 20.8 Å². The van der Waals surface area contributed by atoms with Gasteiger partial charge in [-0.25, -0.2) is 0 Å². The first-order chi connectivity index (χ1) is 6.60. The lowest BCUT2D eigenvalue weighted by Crippen LogP contribution is -2.63. The topological polar surface area (TPSA) is 73.9 Å². The smallest absolute Gasteiger partial charge is 0.0505 e. The highest BCUT2D eigenvalue weighted by molar-refractivity contribution is 5.77. The van der Waals surface area contributed by atoms with E-state index in [-0.39, 0.29) is 6.04 Å². The Kier molecular flexibility index (Phi) is 3.66. The predicted molar refractivity (Wildman–Crippen MR) is 59.5 cm³/mol. The van der Waals surface area contributed by atoms with Crippen LogP contribution in [-0.2, 0) is 0 Å². The predicted octanol–water partition coefficient (Wildman–Crippen LogP) is 0.205. The van der Waals surface area contributed by atoms with Crippen molar-refractivity contribution in [3.8, 4) is 0 Å². The van der Waals surface area contributed by atoms with Crippen LogP contribution >= 0.6 is 0 Å². The maximum absolute atomic E-state index is 7.26. The first kappa shape index (κ1) is 11.2. The Morgan fingerprint density at radius 3 is 2.21 bits per heavy atom. The Balaban J connectivity index is 2.74. The van der Waals surface area contributed by atoms with E-state index >= 15 is 0 Å². The molecule has 0 saturated carbocycles. The molecule has 1 heterocycles. The van der Waals surface area contributed by atoms with Crippen molar-refractivity contribution in [1.82, 2.24) is 10.6 Å². The summed E-state index contributed by atoms with van der Waals surface area (Å²) in [4.78, 5) is 0. The van der Waals surface area contributed by atoms with Crippen LogP contribution in [0.2, 0.25) is 0 Å². The zero-order valence-electron chi connectivity index (χ0n) is 9.04. The second-order valence-corrected chi connectivity index (χ2v) is 3.99. The largest absolute Gasteiger partial charge is 0.404 e. The molecule has 4 heteroatoms. The fourth-order valence-electron chi connectivity index (χ4n) is 1.85. The maximum atomic E-state index is 7.26. The molecule has 1 aliphatic heterocycles.